The minimum Gasteiger partial charge on any atom is -0.508 e. The first-order valence-electron chi connectivity index (χ1n) is 4.42. The number of hydrogen-bond acceptors (Lipinski definition) is 3. The molecule has 0 unspecified atom stereocenters. The molecule has 0 radical (unpaired) electrons. The van der Waals surface area contributed by atoms with Gasteiger partial charge in [-0.05, 0) is 30.7 Å². The summed E-state index contributed by atoms with van der Waals surface area (Å²) in [7, 11) is 0. The van der Waals surface area contributed by atoms with Crippen molar-refractivity contribution in [1.82, 2.24) is 5.32 Å². The van der Waals surface area contributed by atoms with Gasteiger partial charge in [-0.2, -0.15) is 0 Å². The van der Waals surface area contributed by atoms with Crippen molar-refractivity contribution in [2.24, 2.45) is 0 Å². The van der Waals surface area contributed by atoms with E-state index in [-0.39, 0.29) is 6.61 Å². The number of phenolic OH excluding ortho intramolecular Hbond substituents is 1. The normalized spacial score (nSPS) is 10.2. The molecule has 3 nitrogen and oxygen atoms in total. The molecule has 3 heteroatoms. The lowest BCUT2D eigenvalue weighted by atomic mass is 10.1. The molecule has 0 saturated carbocycles. The van der Waals surface area contributed by atoms with Crippen LogP contribution < -0.4 is 5.32 Å². The van der Waals surface area contributed by atoms with Gasteiger partial charge in [-0.1, -0.05) is 12.1 Å². The summed E-state index contributed by atoms with van der Waals surface area (Å²) in [6, 6.07) is 7.16. The molecule has 0 amide bonds. The predicted octanol–water partition coefficient (Wildman–Crippen LogP) is 0.517. The molecule has 0 aromatic heterocycles. The summed E-state index contributed by atoms with van der Waals surface area (Å²) in [6.45, 7) is 1.67. The zero-order valence-electron chi connectivity index (χ0n) is 7.53. The third-order valence-electron chi connectivity index (χ3n) is 1.82. The summed E-state index contributed by atoms with van der Waals surface area (Å²) in [4.78, 5) is 0. The minimum absolute atomic E-state index is 0.176. The Kier molecular flexibility index (Phi) is 4.29. The molecule has 0 aliphatic rings. The smallest absolute Gasteiger partial charge is 0.115 e. The van der Waals surface area contributed by atoms with Crippen molar-refractivity contribution in [2.45, 2.75) is 6.42 Å². The Morgan fingerprint density at radius 3 is 2.38 bits per heavy atom. The molecular weight excluding hydrogens is 166 g/mol. The van der Waals surface area contributed by atoms with E-state index in [9.17, 15) is 0 Å². The van der Waals surface area contributed by atoms with Gasteiger partial charge in [0.1, 0.15) is 5.75 Å². The first-order chi connectivity index (χ1) is 6.33. The number of aliphatic hydroxyl groups is 1. The molecule has 0 heterocycles. The minimum atomic E-state index is 0.176. The summed E-state index contributed by atoms with van der Waals surface area (Å²) in [5.41, 5.74) is 1.18. The molecule has 0 fully saturated rings. The first-order valence-corrected chi connectivity index (χ1v) is 4.42. The zero-order chi connectivity index (χ0) is 9.52. The Balaban J connectivity index is 2.25. The highest BCUT2D eigenvalue weighted by Gasteiger charge is 1.92. The van der Waals surface area contributed by atoms with Crippen LogP contribution in [-0.2, 0) is 6.42 Å². The van der Waals surface area contributed by atoms with E-state index in [1.54, 1.807) is 12.1 Å². The van der Waals surface area contributed by atoms with Gasteiger partial charge in [0.2, 0.25) is 0 Å². The van der Waals surface area contributed by atoms with Crippen LogP contribution in [0.1, 0.15) is 5.56 Å². The molecule has 3 N–H and O–H groups in total. The lowest BCUT2D eigenvalue weighted by molar-refractivity contribution is 0.293. The molecular formula is C10H15NO2. The van der Waals surface area contributed by atoms with Crippen molar-refractivity contribution >= 4 is 0 Å². The SMILES string of the molecule is OCCNCCc1ccc(O)cc1. The van der Waals surface area contributed by atoms with Gasteiger partial charge in [0.25, 0.3) is 0 Å². The molecule has 1 aromatic carbocycles. The number of aromatic hydroxyl groups is 1. The third kappa shape index (κ3) is 3.92. The number of hydrogen-bond donors (Lipinski definition) is 3. The standard InChI is InChI=1S/C10H15NO2/c12-8-7-11-6-5-9-1-3-10(13)4-2-9/h1-4,11-13H,5-8H2. The van der Waals surface area contributed by atoms with Gasteiger partial charge in [-0.3, -0.25) is 0 Å². The summed E-state index contributed by atoms with van der Waals surface area (Å²) in [5.74, 6) is 0.298. The Hall–Kier alpha value is -1.06. The number of rotatable bonds is 5. The molecule has 0 atom stereocenters. The molecule has 13 heavy (non-hydrogen) atoms. The van der Waals surface area contributed by atoms with Gasteiger partial charge in [0, 0.05) is 6.54 Å². The topological polar surface area (TPSA) is 52.5 Å². The van der Waals surface area contributed by atoms with Crippen LogP contribution in [0.4, 0.5) is 0 Å². The summed E-state index contributed by atoms with van der Waals surface area (Å²) in [5, 5.41) is 20.6. The summed E-state index contributed by atoms with van der Waals surface area (Å²) in [6.07, 6.45) is 0.917. The lowest BCUT2D eigenvalue weighted by Gasteiger charge is -2.02. The molecule has 0 saturated heterocycles. The van der Waals surface area contributed by atoms with Crippen LogP contribution in [0.2, 0.25) is 0 Å². The fourth-order valence-electron chi connectivity index (χ4n) is 1.10. The van der Waals surface area contributed by atoms with E-state index in [0.717, 1.165) is 13.0 Å². The van der Waals surface area contributed by atoms with Crippen LogP contribution in [0, 0.1) is 0 Å². The van der Waals surface area contributed by atoms with Crippen molar-refractivity contribution in [3.05, 3.63) is 29.8 Å². The van der Waals surface area contributed by atoms with Crippen molar-refractivity contribution < 1.29 is 10.2 Å². The lowest BCUT2D eigenvalue weighted by Crippen LogP contribution is -2.20. The fourth-order valence-corrected chi connectivity index (χ4v) is 1.10. The molecule has 0 spiro atoms. The number of nitrogens with one attached hydrogen (secondary N) is 1. The van der Waals surface area contributed by atoms with Crippen LogP contribution >= 0.6 is 0 Å². The van der Waals surface area contributed by atoms with Gasteiger partial charge < -0.3 is 15.5 Å². The monoisotopic (exact) mass is 181 g/mol. The Morgan fingerprint density at radius 2 is 1.77 bits per heavy atom. The van der Waals surface area contributed by atoms with Crippen LogP contribution in [0.3, 0.4) is 0 Å². The van der Waals surface area contributed by atoms with Crippen molar-refractivity contribution in [2.75, 3.05) is 19.7 Å². The van der Waals surface area contributed by atoms with E-state index in [4.69, 9.17) is 10.2 Å². The van der Waals surface area contributed by atoms with E-state index in [1.807, 2.05) is 12.1 Å². The van der Waals surface area contributed by atoms with Crippen molar-refractivity contribution in [3.63, 3.8) is 0 Å². The van der Waals surface area contributed by atoms with E-state index < -0.39 is 0 Å². The Labute approximate surface area is 78.0 Å². The molecule has 1 aromatic rings. The number of aliphatic hydroxyl groups excluding tert-OH is 1. The second-order valence-corrected chi connectivity index (χ2v) is 2.89. The molecule has 0 bridgehead atoms. The summed E-state index contributed by atoms with van der Waals surface area (Å²) >= 11 is 0. The quantitative estimate of drug-likeness (QED) is 0.580. The average Bonchev–Trinajstić information content (AvgIpc) is 2.15. The second-order valence-electron chi connectivity index (χ2n) is 2.89. The molecule has 0 aliphatic carbocycles. The van der Waals surface area contributed by atoms with E-state index >= 15 is 0 Å². The van der Waals surface area contributed by atoms with E-state index in [1.165, 1.54) is 5.56 Å². The second kappa shape index (κ2) is 5.56. The highest BCUT2D eigenvalue weighted by atomic mass is 16.3. The van der Waals surface area contributed by atoms with Crippen LogP contribution in [0.25, 0.3) is 0 Å². The van der Waals surface area contributed by atoms with Gasteiger partial charge in [0.15, 0.2) is 0 Å². The highest BCUT2D eigenvalue weighted by Crippen LogP contribution is 2.09. The van der Waals surface area contributed by atoms with Gasteiger partial charge >= 0.3 is 0 Å². The van der Waals surface area contributed by atoms with Crippen LogP contribution in [-0.4, -0.2) is 29.9 Å². The third-order valence-corrected chi connectivity index (χ3v) is 1.82. The summed E-state index contributed by atoms with van der Waals surface area (Å²) < 4.78 is 0. The van der Waals surface area contributed by atoms with Crippen molar-refractivity contribution in [1.29, 1.82) is 0 Å². The maximum Gasteiger partial charge on any atom is 0.115 e. The van der Waals surface area contributed by atoms with Crippen LogP contribution in [0.5, 0.6) is 5.75 Å². The van der Waals surface area contributed by atoms with E-state index in [2.05, 4.69) is 5.32 Å². The number of phenols is 1. The van der Waals surface area contributed by atoms with Gasteiger partial charge in [-0.15, -0.1) is 0 Å². The van der Waals surface area contributed by atoms with Crippen molar-refractivity contribution in [3.8, 4) is 5.75 Å². The van der Waals surface area contributed by atoms with Crippen LogP contribution in [0.15, 0.2) is 24.3 Å². The molecule has 1 rings (SSSR count). The zero-order valence-corrected chi connectivity index (χ0v) is 7.53. The first kappa shape index (κ1) is 10.0. The van der Waals surface area contributed by atoms with Gasteiger partial charge in [-0.25, -0.2) is 0 Å². The van der Waals surface area contributed by atoms with E-state index in [0.29, 0.717) is 12.3 Å². The molecule has 0 aliphatic heterocycles. The maximum absolute atomic E-state index is 9.02. The highest BCUT2D eigenvalue weighted by molar-refractivity contribution is 5.25. The number of benzene rings is 1. The fraction of sp³-hybridized carbons (Fsp3) is 0.400. The average molecular weight is 181 g/mol. The van der Waals surface area contributed by atoms with Gasteiger partial charge in [0.05, 0.1) is 6.61 Å². The maximum atomic E-state index is 9.02. The largest absolute Gasteiger partial charge is 0.508 e. The predicted molar refractivity (Wildman–Crippen MR) is 51.8 cm³/mol. The Morgan fingerprint density at radius 1 is 1.08 bits per heavy atom. The Bertz CT molecular complexity index is 233. The molecule has 72 valence electrons.